The zero-order valence-electron chi connectivity index (χ0n) is 14.0. The Morgan fingerprint density at radius 3 is 2.72 bits per heavy atom. The molecular weight excluding hydrogens is 342 g/mol. The molecule has 0 saturated heterocycles. The monoisotopic (exact) mass is 357 g/mol. The zero-order valence-corrected chi connectivity index (χ0v) is 14.8. The lowest BCUT2D eigenvalue weighted by molar-refractivity contribution is 0.569. The Labute approximate surface area is 146 Å². The van der Waals surface area contributed by atoms with Crippen LogP contribution in [0.15, 0.2) is 20.5 Å². The molecule has 0 saturated carbocycles. The quantitative estimate of drug-likeness (QED) is 0.551. The third kappa shape index (κ3) is 2.99. The van der Waals surface area contributed by atoms with Gasteiger partial charge in [-0.25, -0.2) is 4.85 Å². The highest BCUT2D eigenvalue weighted by atomic mass is 32.1. The van der Waals surface area contributed by atoms with Crippen LogP contribution in [0.4, 0.5) is 17.2 Å². The van der Waals surface area contributed by atoms with Crippen molar-refractivity contribution in [3.8, 4) is 5.13 Å². The van der Waals surface area contributed by atoms with Gasteiger partial charge in [0.1, 0.15) is 5.51 Å². The van der Waals surface area contributed by atoms with Crippen LogP contribution in [0.5, 0.6) is 0 Å². The number of H-pyrrole nitrogens is 2. The van der Waals surface area contributed by atoms with Crippen LogP contribution in [0.25, 0.3) is 9.98 Å². The number of azo groups is 1. The predicted molar refractivity (Wildman–Crippen MR) is 92.3 cm³/mol. The van der Waals surface area contributed by atoms with Crippen molar-refractivity contribution < 1.29 is 0 Å². The van der Waals surface area contributed by atoms with Crippen LogP contribution < -0.4 is 5.56 Å². The van der Waals surface area contributed by atoms with Crippen molar-refractivity contribution >= 4 is 28.5 Å². The first kappa shape index (κ1) is 16.7. The standard InChI is InChI=1S/C14H15N9OS/c1-7-8(12(24)23(22-7)13-21-16-6-25-13)17-19-11-9(15-5)10(18-20-11)14(2,3)4/h6,22H,1-4H3,(H,18,20). The summed E-state index contributed by atoms with van der Waals surface area (Å²) in [6.07, 6.45) is 0. The molecule has 0 atom stereocenters. The molecule has 0 spiro atoms. The molecule has 0 bridgehead atoms. The van der Waals surface area contributed by atoms with E-state index in [-0.39, 0.29) is 16.9 Å². The van der Waals surface area contributed by atoms with Crippen LogP contribution in [-0.2, 0) is 5.41 Å². The van der Waals surface area contributed by atoms with Crippen molar-refractivity contribution in [1.82, 2.24) is 30.2 Å². The van der Waals surface area contributed by atoms with E-state index in [1.54, 1.807) is 6.92 Å². The molecule has 2 N–H and O–H groups in total. The van der Waals surface area contributed by atoms with Crippen molar-refractivity contribution in [2.45, 2.75) is 33.1 Å². The summed E-state index contributed by atoms with van der Waals surface area (Å²) in [6.45, 7) is 15.0. The lowest BCUT2D eigenvalue weighted by atomic mass is 9.91. The van der Waals surface area contributed by atoms with E-state index in [0.29, 0.717) is 22.2 Å². The average Bonchev–Trinajstić information content (AvgIpc) is 3.25. The van der Waals surface area contributed by atoms with Gasteiger partial charge in [0.05, 0.1) is 12.3 Å². The molecule has 0 aliphatic rings. The second-order valence-corrected chi connectivity index (χ2v) is 7.09. The highest BCUT2D eigenvalue weighted by Crippen LogP contribution is 2.37. The Hall–Kier alpha value is -3.13. The van der Waals surface area contributed by atoms with E-state index in [2.05, 4.69) is 40.6 Å². The van der Waals surface area contributed by atoms with Gasteiger partial charge in [-0.3, -0.25) is 15.0 Å². The van der Waals surface area contributed by atoms with Gasteiger partial charge in [0.25, 0.3) is 5.69 Å². The molecule has 128 valence electrons. The molecule has 0 aliphatic heterocycles. The highest BCUT2D eigenvalue weighted by molar-refractivity contribution is 7.11. The number of nitrogens with one attached hydrogen (secondary N) is 2. The van der Waals surface area contributed by atoms with Crippen LogP contribution in [0.2, 0.25) is 0 Å². The summed E-state index contributed by atoms with van der Waals surface area (Å²) in [5.41, 5.74) is 2.48. The number of hydrogen-bond donors (Lipinski definition) is 2. The average molecular weight is 357 g/mol. The molecule has 0 unspecified atom stereocenters. The fourth-order valence-electron chi connectivity index (χ4n) is 2.18. The number of rotatable bonds is 3. The van der Waals surface area contributed by atoms with Gasteiger partial charge in [-0.05, 0) is 12.3 Å². The summed E-state index contributed by atoms with van der Waals surface area (Å²) in [6, 6.07) is 0. The van der Waals surface area contributed by atoms with E-state index in [1.807, 2.05) is 20.8 Å². The maximum absolute atomic E-state index is 12.5. The van der Waals surface area contributed by atoms with Gasteiger partial charge in [0.2, 0.25) is 10.9 Å². The molecule has 11 heteroatoms. The molecule has 3 aromatic heterocycles. The fraction of sp³-hybridized carbons (Fsp3) is 0.357. The zero-order chi connectivity index (χ0) is 18.2. The van der Waals surface area contributed by atoms with Crippen LogP contribution in [0, 0.1) is 13.5 Å². The number of aromatic amines is 2. The number of hydrogen-bond acceptors (Lipinski definition) is 7. The SMILES string of the molecule is [C-]#[N+]c1c(N=Nc2c(C)[nH]n(-c3nncs3)c2=O)n[nH]c1C(C)(C)C. The first-order chi connectivity index (χ1) is 11.8. The molecule has 3 rings (SSSR count). The van der Waals surface area contributed by atoms with Crippen molar-refractivity contribution in [3.63, 3.8) is 0 Å². The smallest absolute Gasteiger partial charge is 0.291 e. The molecule has 0 fully saturated rings. The Balaban J connectivity index is 2.01. The third-order valence-electron chi connectivity index (χ3n) is 3.41. The second-order valence-electron chi connectivity index (χ2n) is 6.28. The van der Waals surface area contributed by atoms with Crippen molar-refractivity contribution in [3.05, 3.63) is 38.7 Å². The minimum Gasteiger partial charge on any atom is -0.291 e. The summed E-state index contributed by atoms with van der Waals surface area (Å²) < 4.78 is 1.25. The van der Waals surface area contributed by atoms with Crippen molar-refractivity contribution in [2.75, 3.05) is 0 Å². The van der Waals surface area contributed by atoms with Gasteiger partial charge in [0, 0.05) is 5.69 Å². The van der Waals surface area contributed by atoms with E-state index in [1.165, 1.54) is 21.5 Å². The molecule has 0 amide bonds. The molecule has 10 nitrogen and oxygen atoms in total. The van der Waals surface area contributed by atoms with E-state index in [0.717, 1.165) is 0 Å². The minimum atomic E-state index is -0.394. The Bertz CT molecular complexity index is 1020. The normalized spacial score (nSPS) is 12.0. The topological polar surface area (TPSA) is 121 Å². The molecule has 3 heterocycles. The van der Waals surface area contributed by atoms with E-state index in [9.17, 15) is 4.79 Å². The fourth-order valence-corrected chi connectivity index (χ4v) is 2.69. The number of aromatic nitrogens is 6. The maximum Gasteiger partial charge on any atom is 0.301 e. The molecule has 0 radical (unpaired) electrons. The van der Waals surface area contributed by atoms with Crippen LogP contribution in [0.3, 0.4) is 0 Å². The van der Waals surface area contributed by atoms with Crippen LogP contribution in [0.1, 0.15) is 32.2 Å². The first-order valence-electron chi connectivity index (χ1n) is 7.29. The second kappa shape index (κ2) is 6.06. The minimum absolute atomic E-state index is 0.131. The third-order valence-corrected chi connectivity index (χ3v) is 4.08. The summed E-state index contributed by atoms with van der Waals surface area (Å²) in [5, 5.41) is 25.7. The summed E-state index contributed by atoms with van der Waals surface area (Å²) in [4.78, 5) is 16.0. The Morgan fingerprint density at radius 2 is 2.12 bits per heavy atom. The molecule has 25 heavy (non-hydrogen) atoms. The van der Waals surface area contributed by atoms with E-state index < -0.39 is 5.56 Å². The largest absolute Gasteiger partial charge is 0.301 e. The van der Waals surface area contributed by atoms with E-state index in [4.69, 9.17) is 6.57 Å². The van der Waals surface area contributed by atoms with Gasteiger partial charge < -0.3 is 0 Å². The summed E-state index contributed by atoms with van der Waals surface area (Å²) >= 11 is 1.22. The lowest BCUT2D eigenvalue weighted by Gasteiger charge is -2.16. The Kier molecular flexibility index (Phi) is 4.05. The number of aryl methyl sites for hydroxylation is 1. The molecule has 0 aromatic carbocycles. The van der Waals surface area contributed by atoms with Gasteiger partial charge in [-0.15, -0.1) is 20.4 Å². The van der Waals surface area contributed by atoms with Crippen molar-refractivity contribution in [1.29, 1.82) is 0 Å². The predicted octanol–water partition coefficient (Wildman–Crippen LogP) is 3.31. The van der Waals surface area contributed by atoms with Gasteiger partial charge in [-0.1, -0.05) is 32.1 Å². The van der Waals surface area contributed by atoms with Gasteiger partial charge >= 0.3 is 5.56 Å². The number of nitrogens with zero attached hydrogens (tertiary/aromatic N) is 7. The molecule has 3 aromatic rings. The highest BCUT2D eigenvalue weighted by Gasteiger charge is 2.24. The van der Waals surface area contributed by atoms with Gasteiger partial charge in [-0.2, -0.15) is 9.78 Å². The van der Waals surface area contributed by atoms with Gasteiger partial charge in [0.15, 0.2) is 5.69 Å². The van der Waals surface area contributed by atoms with E-state index >= 15 is 0 Å². The van der Waals surface area contributed by atoms with Crippen molar-refractivity contribution in [2.24, 2.45) is 10.2 Å². The first-order valence-corrected chi connectivity index (χ1v) is 8.17. The summed E-state index contributed by atoms with van der Waals surface area (Å²) in [7, 11) is 0. The molecule has 0 aliphatic carbocycles. The van der Waals surface area contributed by atoms with Crippen LogP contribution >= 0.6 is 11.3 Å². The molecular formula is C14H15N9OS. The maximum atomic E-state index is 12.5. The Morgan fingerprint density at radius 1 is 1.36 bits per heavy atom. The van der Waals surface area contributed by atoms with Crippen LogP contribution in [-0.4, -0.2) is 30.2 Å². The summed E-state index contributed by atoms with van der Waals surface area (Å²) in [5.74, 6) is 0.155. The lowest BCUT2D eigenvalue weighted by Crippen LogP contribution is -2.13.